The summed E-state index contributed by atoms with van der Waals surface area (Å²) < 4.78 is 29.3. The van der Waals surface area contributed by atoms with Crippen LogP contribution in [0.1, 0.15) is 30.0 Å². The second kappa shape index (κ2) is 9.71. The molecule has 0 heterocycles. The van der Waals surface area contributed by atoms with Gasteiger partial charge >= 0.3 is 0 Å². The van der Waals surface area contributed by atoms with E-state index in [0.29, 0.717) is 5.69 Å². The number of anilines is 1. The molecule has 6 heteroatoms. The smallest absolute Gasteiger partial charge is 0.261 e. The normalized spacial score (nSPS) is 14.2. The maximum absolute atomic E-state index is 13.3. The van der Waals surface area contributed by atoms with Gasteiger partial charge in [0.2, 0.25) is 5.91 Å². The summed E-state index contributed by atoms with van der Waals surface area (Å²) in [5.74, 6) is -0.0107. The van der Waals surface area contributed by atoms with Gasteiger partial charge in [-0.3, -0.25) is 9.52 Å². The Morgan fingerprint density at radius 3 is 2.27 bits per heavy atom. The Morgan fingerprint density at radius 2 is 1.54 bits per heavy atom. The summed E-state index contributed by atoms with van der Waals surface area (Å²) in [6.07, 6.45) is 2.35. The van der Waals surface area contributed by atoms with Crippen molar-refractivity contribution in [2.24, 2.45) is 0 Å². The first kappa shape index (κ1) is 24.5. The molecule has 0 aliphatic heterocycles. The molecule has 0 radical (unpaired) electrons. The van der Waals surface area contributed by atoms with Gasteiger partial charge in [0.1, 0.15) is 0 Å². The molecule has 1 aliphatic rings. The molecule has 4 aromatic carbocycles. The largest absolute Gasteiger partial charge is 0.349 e. The second-order valence-corrected chi connectivity index (χ2v) is 11.1. The number of amides is 1. The molecule has 0 unspecified atom stereocenters. The molecule has 1 aliphatic carbocycles. The summed E-state index contributed by atoms with van der Waals surface area (Å²) in [6, 6.07) is 28.3. The highest BCUT2D eigenvalue weighted by molar-refractivity contribution is 7.92. The van der Waals surface area contributed by atoms with Crippen LogP contribution in [0.3, 0.4) is 0 Å². The zero-order valence-electron chi connectivity index (χ0n) is 21.0. The highest BCUT2D eigenvalue weighted by Gasteiger charge is 2.27. The van der Waals surface area contributed by atoms with Crippen LogP contribution < -0.4 is 4.72 Å². The molecule has 186 valence electrons. The summed E-state index contributed by atoms with van der Waals surface area (Å²) >= 11 is 0. The Hall–Kier alpha value is -4.16. The predicted octanol–water partition coefficient (Wildman–Crippen LogP) is 6.45. The number of hydrogen-bond acceptors (Lipinski definition) is 3. The number of carbonyl (C=O) groups excluding carboxylic acids is 1. The van der Waals surface area contributed by atoms with E-state index < -0.39 is 10.0 Å². The Kier molecular flexibility index (Phi) is 6.44. The number of sulfonamides is 1. The van der Waals surface area contributed by atoms with Crippen LogP contribution in [-0.2, 0) is 14.8 Å². The quantitative estimate of drug-likeness (QED) is 0.326. The van der Waals surface area contributed by atoms with Gasteiger partial charge in [0, 0.05) is 19.8 Å². The van der Waals surface area contributed by atoms with Gasteiger partial charge in [-0.1, -0.05) is 66.7 Å². The van der Waals surface area contributed by atoms with Crippen LogP contribution in [0.15, 0.2) is 101 Å². The summed E-state index contributed by atoms with van der Waals surface area (Å²) in [6.45, 7) is 2.02. The lowest BCUT2D eigenvalue weighted by atomic mass is 10.00. The summed E-state index contributed by atoms with van der Waals surface area (Å²) in [4.78, 5) is 14.5. The van der Waals surface area contributed by atoms with E-state index in [2.05, 4.69) is 10.8 Å². The molecule has 1 N–H and O–H groups in total. The van der Waals surface area contributed by atoms with Gasteiger partial charge in [-0.05, 0) is 81.4 Å². The molecule has 37 heavy (non-hydrogen) atoms. The van der Waals surface area contributed by atoms with Gasteiger partial charge < -0.3 is 4.90 Å². The van der Waals surface area contributed by atoms with Crippen molar-refractivity contribution in [3.63, 3.8) is 0 Å². The summed E-state index contributed by atoms with van der Waals surface area (Å²) in [5, 5.41) is 1.84. The summed E-state index contributed by atoms with van der Waals surface area (Å²) in [5.41, 5.74) is 6.32. The third-order valence-corrected chi connectivity index (χ3v) is 8.09. The van der Waals surface area contributed by atoms with Gasteiger partial charge in [-0.25, -0.2) is 8.42 Å². The average Bonchev–Trinajstić information content (AvgIpc) is 3.14. The molecular formula is C31H28N2O3S. The van der Waals surface area contributed by atoms with Crippen LogP contribution in [0.5, 0.6) is 0 Å². The van der Waals surface area contributed by atoms with Gasteiger partial charge in [0.05, 0.1) is 11.3 Å². The van der Waals surface area contributed by atoms with E-state index in [1.54, 1.807) is 37.2 Å². The Labute approximate surface area is 217 Å². The van der Waals surface area contributed by atoms with Crippen LogP contribution in [0.25, 0.3) is 28.0 Å². The third-order valence-electron chi connectivity index (χ3n) is 6.71. The van der Waals surface area contributed by atoms with Crippen LogP contribution in [0.4, 0.5) is 5.69 Å². The van der Waals surface area contributed by atoms with E-state index in [1.165, 1.54) is 0 Å². The van der Waals surface area contributed by atoms with Crippen LogP contribution >= 0.6 is 0 Å². The molecule has 0 spiro atoms. The minimum Gasteiger partial charge on any atom is -0.349 e. The van der Waals surface area contributed by atoms with E-state index in [-0.39, 0.29) is 17.2 Å². The van der Waals surface area contributed by atoms with Gasteiger partial charge in [0.15, 0.2) is 0 Å². The lowest BCUT2D eigenvalue weighted by molar-refractivity contribution is -0.127. The number of hydrogen-bond donors (Lipinski definition) is 1. The van der Waals surface area contributed by atoms with Crippen LogP contribution in [-0.4, -0.2) is 33.3 Å². The number of carbonyl (C=O) groups is 1. The molecule has 0 saturated carbocycles. The molecule has 0 saturated heterocycles. The van der Waals surface area contributed by atoms with E-state index >= 15 is 0 Å². The summed E-state index contributed by atoms with van der Waals surface area (Å²) in [7, 11) is -0.330. The first-order valence-corrected chi connectivity index (χ1v) is 13.5. The van der Waals surface area contributed by atoms with E-state index in [9.17, 15) is 13.2 Å². The van der Waals surface area contributed by atoms with Crippen molar-refractivity contribution >= 4 is 49.6 Å². The number of rotatable bonds is 6. The van der Waals surface area contributed by atoms with Crippen LogP contribution in [0.2, 0.25) is 0 Å². The molecule has 5 nitrogen and oxygen atoms in total. The van der Waals surface area contributed by atoms with Crippen molar-refractivity contribution in [1.29, 1.82) is 0 Å². The first-order chi connectivity index (χ1) is 17.7. The fraction of sp³-hybridized carbons (Fsp3) is 0.129. The Morgan fingerprint density at radius 1 is 0.838 bits per heavy atom. The lowest BCUT2D eigenvalue weighted by Gasteiger charge is -2.14. The highest BCUT2D eigenvalue weighted by atomic mass is 32.2. The van der Waals surface area contributed by atoms with E-state index in [1.807, 2.05) is 79.7 Å². The fourth-order valence-corrected chi connectivity index (χ4v) is 5.73. The molecule has 4 aromatic rings. The Balaban J connectivity index is 1.54. The van der Waals surface area contributed by atoms with Crippen molar-refractivity contribution < 1.29 is 13.2 Å². The zero-order chi connectivity index (χ0) is 26.2. The van der Waals surface area contributed by atoms with Crippen molar-refractivity contribution in [3.8, 4) is 0 Å². The molecular weight excluding hydrogens is 480 g/mol. The van der Waals surface area contributed by atoms with Gasteiger partial charge in [-0.15, -0.1) is 0 Å². The minimum absolute atomic E-state index is 0.0107. The maximum atomic E-state index is 13.3. The van der Waals surface area contributed by atoms with Crippen molar-refractivity contribution in [2.45, 2.75) is 18.2 Å². The van der Waals surface area contributed by atoms with Gasteiger partial charge in [-0.2, -0.15) is 0 Å². The standard InChI is InChI=1S/C31H28N2O3S/c1-21-28(17-22-9-5-4-6-10-22)27-16-14-25(19-30(27)29(21)20-31(34)33(2)3)32-37(35,36)26-15-13-23-11-7-8-12-24(23)18-26/h4-19,32H,20H2,1-3H3. The SMILES string of the molecule is CC1=C(CC(=O)N(C)C)c2cc(NS(=O)(=O)c3ccc4ccccc4c3)ccc2C1=Cc1ccccc1. The van der Waals surface area contributed by atoms with Crippen molar-refractivity contribution in [1.82, 2.24) is 4.90 Å². The number of nitrogens with zero attached hydrogens (tertiary/aromatic N) is 1. The molecule has 0 fully saturated rings. The molecule has 5 rings (SSSR count). The molecule has 0 bridgehead atoms. The highest BCUT2D eigenvalue weighted by Crippen LogP contribution is 2.45. The van der Waals surface area contributed by atoms with Crippen molar-refractivity contribution in [3.05, 3.63) is 113 Å². The second-order valence-electron chi connectivity index (χ2n) is 9.41. The van der Waals surface area contributed by atoms with Gasteiger partial charge in [0.25, 0.3) is 10.0 Å². The minimum atomic E-state index is -3.81. The fourth-order valence-electron chi connectivity index (χ4n) is 4.65. The predicted molar refractivity (Wildman–Crippen MR) is 151 cm³/mol. The topological polar surface area (TPSA) is 66.5 Å². The van der Waals surface area contributed by atoms with Crippen LogP contribution in [0, 0.1) is 0 Å². The molecule has 1 amide bonds. The third kappa shape index (κ3) is 4.93. The monoisotopic (exact) mass is 508 g/mol. The molecule has 0 aromatic heterocycles. The lowest BCUT2D eigenvalue weighted by Crippen LogP contribution is -2.21. The average molecular weight is 509 g/mol. The number of allylic oxidation sites excluding steroid dienone is 2. The Bertz CT molecular complexity index is 1680. The van der Waals surface area contributed by atoms with E-state index in [4.69, 9.17) is 0 Å². The van der Waals surface area contributed by atoms with Crippen molar-refractivity contribution in [2.75, 3.05) is 18.8 Å². The van der Waals surface area contributed by atoms with E-state index in [0.717, 1.165) is 44.2 Å². The zero-order valence-corrected chi connectivity index (χ0v) is 21.8. The first-order valence-electron chi connectivity index (χ1n) is 12.1. The number of fused-ring (bicyclic) bond motifs is 2. The maximum Gasteiger partial charge on any atom is 0.261 e. The molecule has 0 atom stereocenters. The number of nitrogens with one attached hydrogen (secondary N) is 1. The number of benzene rings is 4.